The zero-order chi connectivity index (χ0) is 11.4. The molecule has 2 rings (SSSR count). The molecule has 1 fully saturated rings. The van der Waals surface area contributed by atoms with Crippen molar-refractivity contribution < 1.29 is 9.47 Å². The lowest BCUT2D eigenvalue weighted by Gasteiger charge is -2.28. The number of benzene rings is 1. The van der Waals surface area contributed by atoms with Gasteiger partial charge in [0.1, 0.15) is 12.4 Å². The number of rotatable bonds is 3. The molecule has 0 amide bonds. The second-order valence-corrected chi connectivity index (χ2v) is 4.45. The molecule has 0 aliphatic carbocycles. The average molecular weight is 242 g/mol. The van der Waals surface area contributed by atoms with Crippen LogP contribution in [0.25, 0.3) is 0 Å². The van der Waals surface area contributed by atoms with Crippen molar-refractivity contribution in [2.24, 2.45) is 0 Å². The van der Waals surface area contributed by atoms with Crippen molar-refractivity contribution >= 4 is 11.6 Å². The first kappa shape index (κ1) is 11.7. The SMILES string of the molecule is CC1COCC(COc2ccccc2Cl)N1. The Bertz CT molecular complexity index is 346. The predicted octanol–water partition coefficient (Wildman–Crippen LogP) is 2.10. The molecule has 0 radical (unpaired) electrons. The summed E-state index contributed by atoms with van der Waals surface area (Å²) < 4.78 is 11.1. The van der Waals surface area contributed by atoms with E-state index in [1.807, 2.05) is 24.3 Å². The monoisotopic (exact) mass is 241 g/mol. The quantitative estimate of drug-likeness (QED) is 0.879. The predicted molar refractivity (Wildman–Crippen MR) is 64.2 cm³/mol. The van der Waals surface area contributed by atoms with Crippen LogP contribution < -0.4 is 10.1 Å². The summed E-state index contributed by atoms with van der Waals surface area (Å²) in [5.74, 6) is 0.726. The Hall–Kier alpha value is -0.770. The fourth-order valence-corrected chi connectivity index (χ4v) is 1.92. The van der Waals surface area contributed by atoms with E-state index < -0.39 is 0 Å². The van der Waals surface area contributed by atoms with E-state index in [0.29, 0.717) is 24.3 Å². The first-order chi connectivity index (χ1) is 7.75. The maximum atomic E-state index is 5.99. The zero-order valence-electron chi connectivity index (χ0n) is 9.28. The number of nitrogens with one attached hydrogen (secondary N) is 1. The van der Waals surface area contributed by atoms with E-state index in [2.05, 4.69) is 12.2 Å². The molecular weight excluding hydrogens is 226 g/mol. The maximum Gasteiger partial charge on any atom is 0.137 e. The fraction of sp³-hybridized carbons (Fsp3) is 0.500. The fourth-order valence-electron chi connectivity index (χ4n) is 1.73. The van der Waals surface area contributed by atoms with Gasteiger partial charge in [-0.1, -0.05) is 23.7 Å². The molecule has 1 aromatic rings. The summed E-state index contributed by atoms with van der Waals surface area (Å²) in [7, 11) is 0. The van der Waals surface area contributed by atoms with E-state index in [0.717, 1.165) is 12.4 Å². The molecule has 3 nitrogen and oxygen atoms in total. The molecule has 1 aromatic carbocycles. The maximum absolute atomic E-state index is 5.99. The number of para-hydroxylation sites is 1. The van der Waals surface area contributed by atoms with Gasteiger partial charge in [-0.05, 0) is 19.1 Å². The van der Waals surface area contributed by atoms with Crippen LogP contribution in [0.2, 0.25) is 5.02 Å². The smallest absolute Gasteiger partial charge is 0.137 e. The van der Waals surface area contributed by atoms with Crippen LogP contribution in [-0.2, 0) is 4.74 Å². The molecule has 16 heavy (non-hydrogen) atoms. The second kappa shape index (κ2) is 5.53. The second-order valence-electron chi connectivity index (χ2n) is 4.04. The zero-order valence-corrected chi connectivity index (χ0v) is 10.0. The molecular formula is C12H16ClNO2. The van der Waals surface area contributed by atoms with E-state index >= 15 is 0 Å². The number of hydrogen-bond acceptors (Lipinski definition) is 3. The van der Waals surface area contributed by atoms with Gasteiger partial charge in [0, 0.05) is 6.04 Å². The molecule has 4 heteroatoms. The van der Waals surface area contributed by atoms with Crippen LogP contribution in [0.1, 0.15) is 6.92 Å². The van der Waals surface area contributed by atoms with Gasteiger partial charge in [0.05, 0.1) is 24.3 Å². The normalized spacial score (nSPS) is 25.4. The van der Waals surface area contributed by atoms with Crippen LogP contribution in [0.3, 0.4) is 0 Å². The van der Waals surface area contributed by atoms with Gasteiger partial charge in [0.2, 0.25) is 0 Å². The summed E-state index contributed by atoms with van der Waals surface area (Å²) in [6, 6.07) is 8.11. The third-order valence-corrected chi connectivity index (χ3v) is 2.80. The van der Waals surface area contributed by atoms with Crippen molar-refractivity contribution in [3.8, 4) is 5.75 Å². The minimum atomic E-state index is 0.236. The summed E-state index contributed by atoms with van der Waals surface area (Å²) in [5.41, 5.74) is 0. The van der Waals surface area contributed by atoms with E-state index in [1.165, 1.54) is 0 Å². The molecule has 2 unspecified atom stereocenters. The van der Waals surface area contributed by atoms with Crippen LogP contribution in [0, 0.1) is 0 Å². The minimum Gasteiger partial charge on any atom is -0.490 e. The van der Waals surface area contributed by atoms with Crippen LogP contribution in [0.5, 0.6) is 5.75 Å². The van der Waals surface area contributed by atoms with Gasteiger partial charge in [-0.25, -0.2) is 0 Å². The van der Waals surface area contributed by atoms with E-state index in [4.69, 9.17) is 21.1 Å². The van der Waals surface area contributed by atoms with Gasteiger partial charge in [-0.2, -0.15) is 0 Å². The Morgan fingerprint density at radius 2 is 2.25 bits per heavy atom. The van der Waals surface area contributed by atoms with Gasteiger partial charge in [-0.3, -0.25) is 0 Å². The first-order valence-corrected chi connectivity index (χ1v) is 5.84. The molecule has 88 valence electrons. The highest BCUT2D eigenvalue weighted by atomic mass is 35.5. The highest BCUT2D eigenvalue weighted by Crippen LogP contribution is 2.23. The number of hydrogen-bond donors (Lipinski definition) is 1. The van der Waals surface area contributed by atoms with E-state index in [-0.39, 0.29) is 6.04 Å². The van der Waals surface area contributed by atoms with Crippen molar-refractivity contribution in [1.82, 2.24) is 5.32 Å². The van der Waals surface area contributed by atoms with Gasteiger partial charge in [-0.15, -0.1) is 0 Å². The summed E-state index contributed by atoms with van der Waals surface area (Å²) in [6.07, 6.45) is 0. The summed E-state index contributed by atoms with van der Waals surface area (Å²) in [4.78, 5) is 0. The largest absolute Gasteiger partial charge is 0.490 e. The molecule has 0 aromatic heterocycles. The lowest BCUT2D eigenvalue weighted by atomic mass is 10.2. The van der Waals surface area contributed by atoms with Crippen molar-refractivity contribution in [1.29, 1.82) is 0 Å². The summed E-state index contributed by atoms with van der Waals surface area (Å²) >= 11 is 5.99. The molecule has 1 heterocycles. The van der Waals surface area contributed by atoms with Crippen molar-refractivity contribution in [3.63, 3.8) is 0 Å². The van der Waals surface area contributed by atoms with Gasteiger partial charge in [0.15, 0.2) is 0 Å². The topological polar surface area (TPSA) is 30.5 Å². The van der Waals surface area contributed by atoms with Gasteiger partial charge in [0.25, 0.3) is 0 Å². The Kier molecular flexibility index (Phi) is 4.04. The Labute approximate surface area is 101 Å². The highest BCUT2D eigenvalue weighted by molar-refractivity contribution is 6.32. The van der Waals surface area contributed by atoms with Crippen LogP contribution >= 0.6 is 11.6 Å². The summed E-state index contributed by atoms with van der Waals surface area (Å²) in [5, 5.41) is 4.06. The van der Waals surface area contributed by atoms with Crippen molar-refractivity contribution in [2.45, 2.75) is 19.0 Å². The van der Waals surface area contributed by atoms with Crippen molar-refractivity contribution in [3.05, 3.63) is 29.3 Å². The molecule has 0 spiro atoms. The third kappa shape index (κ3) is 3.11. The number of halogens is 1. The first-order valence-electron chi connectivity index (χ1n) is 5.47. The Morgan fingerprint density at radius 1 is 1.44 bits per heavy atom. The van der Waals surface area contributed by atoms with E-state index in [1.54, 1.807) is 0 Å². The molecule has 2 atom stereocenters. The molecule has 1 N–H and O–H groups in total. The molecule has 0 saturated carbocycles. The highest BCUT2D eigenvalue weighted by Gasteiger charge is 2.18. The van der Waals surface area contributed by atoms with Crippen LogP contribution in [-0.4, -0.2) is 31.9 Å². The average Bonchev–Trinajstić information content (AvgIpc) is 2.28. The van der Waals surface area contributed by atoms with Crippen LogP contribution in [0.15, 0.2) is 24.3 Å². The lowest BCUT2D eigenvalue weighted by Crippen LogP contribution is -2.50. The molecule has 1 aliphatic heterocycles. The minimum absolute atomic E-state index is 0.236. The molecule has 0 bridgehead atoms. The van der Waals surface area contributed by atoms with Crippen molar-refractivity contribution in [2.75, 3.05) is 19.8 Å². The van der Waals surface area contributed by atoms with Gasteiger partial charge >= 0.3 is 0 Å². The molecule has 1 saturated heterocycles. The van der Waals surface area contributed by atoms with Crippen LogP contribution in [0.4, 0.5) is 0 Å². The lowest BCUT2D eigenvalue weighted by molar-refractivity contribution is 0.0353. The standard InChI is InChI=1S/C12H16ClNO2/c1-9-6-15-7-10(14-9)8-16-12-5-3-2-4-11(12)13/h2-5,9-10,14H,6-8H2,1H3. The third-order valence-electron chi connectivity index (χ3n) is 2.48. The van der Waals surface area contributed by atoms with Gasteiger partial charge < -0.3 is 14.8 Å². The number of morpholine rings is 1. The summed E-state index contributed by atoms with van der Waals surface area (Å²) in [6.45, 7) is 4.13. The Balaban J connectivity index is 1.85. The number of ether oxygens (including phenoxy) is 2. The molecule has 1 aliphatic rings. The Morgan fingerprint density at radius 3 is 3.00 bits per heavy atom. The van der Waals surface area contributed by atoms with E-state index in [9.17, 15) is 0 Å².